The Labute approximate surface area is 127 Å². The Kier molecular flexibility index (Phi) is 4.82. The SMILES string of the molecule is NC(=NO)c1ccc(CC(=O)N2CCN(C(=O)O)CC2)cc1. The highest BCUT2D eigenvalue weighted by molar-refractivity contribution is 5.97. The molecular weight excluding hydrogens is 288 g/mol. The van der Waals surface area contributed by atoms with Crippen molar-refractivity contribution in [1.82, 2.24) is 9.80 Å². The number of amides is 2. The van der Waals surface area contributed by atoms with Gasteiger partial charge < -0.3 is 25.8 Å². The fraction of sp³-hybridized carbons (Fsp3) is 0.357. The van der Waals surface area contributed by atoms with E-state index in [-0.39, 0.29) is 18.2 Å². The third-order valence-corrected chi connectivity index (χ3v) is 3.62. The molecule has 1 aromatic rings. The highest BCUT2D eigenvalue weighted by Gasteiger charge is 2.23. The van der Waals surface area contributed by atoms with Crippen LogP contribution in [-0.2, 0) is 11.2 Å². The summed E-state index contributed by atoms with van der Waals surface area (Å²) in [5, 5.41) is 20.4. The number of hydrogen-bond acceptors (Lipinski definition) is 4. The smallest absolute Gasteiger partial charge is 0.407 e. The summed E-state index contributed by atoms with van der Waals surface area (Å²) < 4.78 is 0. The maximum atomic E-state index is 12.2. The summed E-state index contributed by atoms with van der Waals surface area (Å²) >= 11 is 0. The van der Waals surface area contributed by atoms with Gasteiger partial charge in [-0.2, -0.15) is 0 Å². The normalized spacial score (nSPS) is 15.7. The first kappa shape index (κ1) is 15.6. The summed E-state index contributed by atoms with van der Waals surface area (Å²) in [6, 6.07) is 6.86. The highest BCUT2D eigenvalue weighted by Crippen LogP contribution is 2.09. The second-order valence-corrected chi connectivity index (χ2v) is 5.01. The minimum absolute atomic E-state index is 0.0164. The van der Waals surface area contributed by atoms with E-state index in [0.717, 1.165) is 5.56 Å². The van der Waals surface area contributed by atoms with E-state index in [9.17, 15) is 9.59 Å². The van der Waals surface area contributed by atoms with Crippen molar-refractivity contribution in [2.24, 2.45) is 10.9 Å². The zero-order chi connectivity index (χ0) is 16.1. The van der Waals surface area contributed by atoms with Crippen molar-refractivity contribution in [3.05, 3.63) is 35.4 Å². The fourth-order valence-corrected chi connectivity index (χ4v) is 2.28. The highest BCUT2D eigenvalue weighted by atomic mass is 16.4. The van der Waals surface area contributed by atoms with E-state index in [2.05, 4.69) is 5.16 Å². The third-order valence-electron chi connectivity index (χ3n) is 3.62. The van der Waals surface area contributed by atoms with E-state index in [1.54, 1.807) is 29.2 Å². The molecule has 1 saturated heterocycles. The van der Waals surface area contributed by atoms with Crippen molar-refractivity contribution in [2.45, 2.75) is 6.42 Å². The first-order valence-electron chi connectivity index (χ1n) is 6.83. The molecular formula is C14H18N4O4. The molecule has 1 heterocycles. The van der Waals surface area contributed by atoms with Crippen molar-refractivity contribution in [3.8, 4) is 0 Å². The zero-order valence-electron chi connectivity index (χ0n) is 12.0. The van der Waals surface area contributed by atoms with Crippen LogP contribution in [-0.4, -0.2) is 64.1 Å². The van der Waals surface area contributed by atoms with Gasteiger partial charge in [0.25, 0.3) is 0 Å². The molecule has 1 aliphatic rings. The van der Waals surface area contributed by atoms with E-state index in [1.807, 2.05) is 0 Å². The lowest BCUT2D eigenvalue weighted by Gasteiger charge is -2.33. The Bertz CT molecular complexity index is 577. The Morgan fingerprint density at radius 1 is 1.09 bits per heavy atom. The predicted molar refractivity (Wildman–Crippen MR) is 78.8 cm³/mol. The number of piperazine rings is 1. The minimum atomic E-state index is -0.953. The molecule has 0 aliphatic carbocycles. The molecule has 4 N–H and O–H groups in total. The van der Waals surface area contributed by atoms with Crippen LogP contribution in [0.5, 0.6) is 0 Å². The van der Waals surface area contributed by atoms with E-state index in [4.69, 9.17) is 16.0 Å². The zero-order valence-corrected chi connectivity index (χ0v) is 12.0. The van der Waals surface area contributed by atoms with Crippen LogP contribution in [0.25, 0.3) is 0 Å². The summed E-state index contributed by atoms with van der Waals surface area (Å²) in [7, 11) is 0. The van der Waals surface area contributed by atoms with Gasteiger partial charge >= 0.3 is 6.09 Å². The van der Waals surface area contributed by atoms with Crippen molar-refractivity contribution < 1.29 is 19.9 Å². The Morgan fingerprint density at radius 2 is 1.64 bits per heavy atom. The van der Waals surface area contributed by atoms with E-state index >= 15 is 0 Å². The van der Waals surface area contributed by atoms with Crippen LogP contribution < -0.4 is 5.73 Å². The molecule has 0 radical (unpaired) electrons. The van der Waals surface area contributed by atoms with Gasteiger partial charge in [0.2, 0.25) is 5.91 Å². The lowest BCUT2D eigenvalue weighted by atomic mass is 10.1. The number of amidine groups is 1. The van der Waals surface area contributed by atoms with Crippen LogP contribution in [0.2, 0.25) is 0 Å². The molecule has 2 rings (SSSR count). The first-order chi connectivity index (χ1) is 10.5. The van der Waals surface area contributed by atoms with Crippen LogP contribution in [0.4, 0.5) is 4.79 Å². The van der Waals surface area contributed by atoms with Crippen LogP contribution in [0.15, 0.2) is 29.4 Å². The molecule has 0 saturated carbocycles. The molecule has 0 bridgehead atoms. The van der Waals surface area contributed by atoms with Crippen molar-refractivity contribution in [1.29, 1.82) is 0 Å². The molecule has 0 spiro atoms. The molecule has 118 valence electrons. The number of carboxylic acid groups (broad SMARTS) is 1. The predicted octanol–water partition coefficient (Wildman–Crippen LogP) is 0.146. The molecule has 0 unspecified atom stereocenters. The Balaban J connectivity index is 1.91. The Morgan fingerprint density at radius 3 is 2.14 bits per heavy atom. The second-order valence-electron chi connectivity index (χ2n) is 5.01. The number of nitrogens with two attached hydrogens (primary N) is 1. The molecule has 8 nitrogen and oxygen atoms in total. The molecule has 22 heavy (non-hydrogen) atoms. The number of nitrogens with zero attached hydrogens (tertiary/aromatic N) is 3. The van der Waals surface area contributed by atoms with Crippen LogP contribution in [0.3, 0.4) is 0 Å². The molecule has 1 fully saturated rings. The van der Waals surface area contributed by atoms with Gasteiger partial charge in [-0.1, -0.05) is 29.4 Å². The van der Waals surface area contributed by atoms with E-state index in [0.29, 0.717) is 31.7 Å². The second kappa shape index (κ2) is 6.79. The van der Waals surface area contributed by atoms with Gasteiger partial charge in [-0.05, 0) is 5.56 Å². The summed E-state index contributed by atoms with van der Waals surface area (Å²) in [6.07, 6.45) is -0.713. The molecule has 1 aliphatic heterocycles. The monoisotopic (exact) mass is 306 g/mol. The largest absolute Gasteiger partial charge is 0.465 e. The molecule has 8 heteroatoms. The van der Waals surface area contributed by atoms with Gasteiger partial charge in [-0.15, -0.1) is 0 Å². The number of carbonyl (C=O) groups excluding carboxylic acids is 1. The summed E-state index contributed by atoms with van der Waals surface area (Å²) in [5.41, 5.74) is 6.87. The van der Waals surface area contributed by atoms with Gasteiger partial charge in [0.1, 0.15) is 0 Å². The van der Waals surface area contributed by atoms with Crippen molar-refractivity contribution >= 4 is 17.8 Å². The lowest BCUT2D eigenvalue weighted by molar-refractivity contribution is -0.132. The quantitative estimate of drug-likeness (QED) is 0.318. The summed E-state index contributed by atoms with van der Waals surface area (Å²) in [5.74, 6) is -0.0238. The summed E-state index contributed by atoms with van der Waals surface area (Å²) in [6.45, 7) is 1.49. The number of carbonyl (C=O) groups is 2. The number of benzene rings is 1. The van der Waals surface area contributed by atoms with E-state index < -0.39 is 6.09 Å². The molecule has 0 atom stereocenters. The number of oxime groups is 1. The van der Waals surface area contributed by atoms with Gasteiger partial charge in [-0.3, -0.25) is 4.79 Å². The van der Waals surface area contributed by atoms with Crippen molar-refractivity contribution in [2.75, 3.05) is 26.2 Å². The average Bonchev–Trinajstić information content (AvgIpc) is 2.54. The minimum Gasteiger partial charge on any atom is -0.465 e. The first-order valence-corrected chi connectivity index (χ1v) is 6.83. The van der Waals surface area contributed by atoms with Crippen LogP contribution >= 0.6 is 0 Å². The van der Waals surface area contributed by atoms with Gasteiger partial charge in [0.05, 0.1) is 6.42 Å². The van der Waals surface area contributed by atoms with Crippen LogP contribution in [0, 0.1) is 0 Å². The third kappa shape index (κ3) is 3.66. The standard InChI is InChI=1S/C14H18N4O4/c15-13(16-22)11-3-1-10(2-4-11)9-12(19)17-5-7-18(8-6-17)14(20)21/h1-4,22H,5-9H2,(H2,15,16)(H,20,21). The van der Waals surface area contributed by atoms with Crippen molar-refractivity contribution in [3.63, 3.8) is 0 Å². The maximum absolute atomic E-state index is 12.2. The van der Waals surface area contributed by atoms with E-state index in [1.165, 1.54) is 4.90 Å². The van der Waals surface area contributed by atoms with Gasteiger partial charge in [0, 0.05) is 31.7 Å². The number of hydrogen-bond donors (Lipinski definition) is 3. The summed E-state index contributed by atoms with van der Waals surface area (Å²) in [4.78, 5) is 26.0. The Hall–Kier alpha value is -2.77. The topological polar surface area (TPSA) is 119 Å². The van der Waals surface area contributed by atoms with Crippen LogP contribution in [0.1, 0.15) is 11.1 Å². The fourth-order valence-electron chi connectivity index (χ4n) is 2.28. The van der Waals surface area contributed by atoms with Gasteiger partial charge in [-0.25, -0.2) is 4.79 Å². The molecule has 2 amide bonds. The number of rotatable bonds is 3. The van der Waals surface area contributed by atoms with Gasteiger partial charge in [0.15, 0.2) is 5.84 Å². The molecule has 0 aromatic heterocycles. The average molecular weight is 306 g/mol. The molecule has 1 aromatic carbocycles. The lowest BCUT2D eigenvalue weighted by Crippen LogP contribution is -2.50. The maximum Gasteiger partial charge on any atom is 0.407 e.